The summed E-state index contributed by atoms with van der Waals surface area (Å²) in [7, 11) is 0. The van der Waals surface area contributed by atoms with E-state index in [0.29, 0.717) is 23.5 Å². The number of ketones is 2. The van der Waals surface area contributed by atoms with E-state index < -0.39 is 16.4 Å². The highest BCUT2D eigenvalue weighted by atomic mass is 16.5. The number of allylic oxidation sites excluding steroid dienone is 3. The minimum absolute atomic E-state index is 0.0184. The molecule has 0 aromatic rings. The van der Waals surface area contributed by atoms with E-state index in [4.69, 9.17) is 4.74 Å². The van der Waals surface area contributed by atoms with Crippen LogP contribution in [0.1, 0.15) is 75.2 Å². The summed E-state index contributed by atoms with van der Waals surface area (Å²) in [6.07, 6.45) is 6.49. The quantitative estimate of drug-likeness (QED) is 0.458. The lowest BCUT2D eigenvalue weighted by Gasteiger charge is -2.55. The average Bonchev–Trinajstić information content (AvgIpc) is 2.57. The van der Waals surface area contributed by atoms with Gasteiger partial charge in [-0.1, -0.05) is 33.8 Å². The summed E-state index contributed by atoms with van der Waals surface area (Å²) in [5.74, 6) is 2.52. The van der Waals surface area contributed by atoms with Gasteiger partial charge in [-0.2, -0.15) is 0 Å². The van der Waals surface area contributed by atoms with Crippen molar-refractivity contribution in [1.29, 1.82) is 0 Å². The highest BCUT2D eigenvalue weighted by molar-refractivity contribution is 6.19. The van der Waals surface area contributed by atoms with Crippen LogP contribution in [-0.4, -0.2) is 17.2 Å². The first-order valence-electron chi connectivity index (χ1n) is 11.0. The molecule has 156 valence electrons. The molecule has 0 saturated carbocycles. The summed E-state index contributed by atoms with van der Waals surface area (Å²) in [6, 6.07) is 0. The third-order valence-corrected chi connectivity index (χ3v) is 7.46. The minimum Gasteiger partial charge on any atom is -0.486 e. The molecule has 3 nitrogen and oxygen atoms in total. The van der Waals surface area contributed by atoms with Gasteiger partial charge in [0.25, 0.3) is 0 Å². The van der Waals surface area contributed by atoms with Gasteiger partial charge in [0.05, 0.1) is 10.8 Å². The Morgan fingerprint density at radius 3 is 2.18 bits per heavy atom. The normalized spacial score (nSPS) is 36.5. The molecule has 3 heteroatoms. The lowest BCUT2D eigenvalue weighted by atomic mass is 9.55. The zero-order chi connectivity index (χ0) is 21.2. The molecule has 1 heterocycles. The van der Waals surface area contributed by atoms with Crippen LogP contribution in [0.25, 0.3) is 0 Å². The number of carbonyl (C=O) groups is 2. The molecule has 0 N–H and O–H groups in total. The SMILES string of the molecule is CC(C)C[C@H]1C2=C(O[C@]3(C)C=C[C@@H](C(C)C)C[C@@H]13)C(C)(C)C(=O)C(C)(C)C2=O. The van der Waals surface area contributed by atoms with Crippen molar-refractivity contribution < 1.29 is 14.3 Å². The zero-order valence-corrected chi connectivity index (χ0v) is 19.2. The summed E-state index contributed by atoms with van der Waals surface area (Å²) < 4.78 is 6.62. The molecule has 28 heavy (non-hydrogen) atoms. The molecule has 0 spiro atoms. The van der Waals surface area contributed by atoms with E-state index in [-0.39, 0.29) is 23.4 Å². The highest BCUT2D eigenvalue weighted by Crippen LogP contribution is 2.57. The fraction of sp³-hybridized carbons (Fsp3) is 0.760. The molecule has 4 atom stereocenters. The van der Waals surface area contributed by atoms with Crippen LogP contribution >= 0.6 is 0 Å². The summed E-state index contributed by atoms with van der Waals surface area (Å²) >= 11 is 0. The maximum absolute atomic E-state index is 13.6. The van der Waals surface area contributed by atoms with Crippen LogP contribution in [0, 0.1) is 40.4 Å². The van der Waals surface area contributed by atoms with Gasteiger partial charge in [0.1, 0.15) is 11.4 Å². The van der Waals surface area contributed by atoms with Crippen LogP contribution in [0.3, 0.4) is 0 Å². The average molecular weight is 387 g/mol. The fourth-order valence-corrected chi connectivity index (χ4v) is 5.71. The van der Waals surface area contributed by atoms with Crippen LogP contribution in [0.4, 0.5) is 0 Å². The Hall–Kier alpha value is -1.38. The summed E-state index contributed by atoms with van der Waals surface area (Å²) in [6.45, 7) is 18.6. The lowest BCUT2D eigenvalue weighted by molar-refractivity contribution is -0.152. The zero-order valence-electron chi connectivity index (χ0n) is 19.2. The van der Waals surface area contributed by atoms with Gasteiger partial charge in [0.2, 0.25) is 0 Å². The summed E-state index contributed by atoms with van der Waals surface area (Å²) in [5.41, 5.74) is -1.41. The molecule has 3 aliphatic rings. The van der Waals surface area contributed by atoms with Gasteiger partial charge in [0.15, 0.2) is 11.6 Å². The largest absolute Gasteiger partial charge is 0.486 e. The molecule has 0 bridgehead atoms. The van der Waals surface area contributed by atoms with Crippen LogP contribution in [0.5, 0.6) is 0 Å². The van der Waals surface area contributed by atoms with Crippen LogP contribution in [0.2, 0.25) is 0 Å². The smallest absolute Gasteiger partial charge is 0.175 e. The molecule has 0 saturated heterocycles. The van der Waals surface area contributed by atoms with Crippen molar-refractivity contribution in [2.24, 2.45) is 40.4 Å². The first kappa shape index (κ1) is 21.3. The molecule has 2 aliphatic carbocycles. The van der Waals surface area contributed by atoms with E-state index in [9.17, 15) is 9.59 Å². The maximum atomic E-state index is 13.6. The van der Waals surface area contributed by atoms with Crippen LogP contribution < -0.4 is 0 Å². The van der Waals surface area contributed by atoms with Gasteiger partial charge in [0, 0.05) is 11.5 Å². The van der Waals surface area contributed by atoms with Gasteiger partial charge in [-0.15, -0.1) is 0 Å². The molecule has 0 fully saturated rings. The second-order valence-electron chi connectivity index (χ2n) is 11.3. The molecule has 0 radical (unpaired) electrons. The monoisotopic (exact) mass is 386 g/mol. The van der Waals surface area contributed by atoms with Gasteiger partial charge < -0.3 is 4.74 Å². The molecular formula is C25H38O3. The maximum Gasteiger partial charge on any atom is 0.175 e. The Balaban J connectivity index is 2.21. The number of ether oxygens (including phenoxy) is 1. The lowest BCUT2D eigenvalue weighted by Crippen LogP contribution is -2.58. The predicted octanol–water partition coefficient (Wildman–Crippen LogP) is 5.74. The number of hydrogen-bond acceptors (Lipinski definition) is 3. The van der Waals surface area contributed by atoms with E-state index in [0.717, 1.165) is 18.4 Å². The Bertz CT molecular complexity index is 750. The Kier molecular flexibility index (Phi) is 5.00. The molecule has 3 rings (SSSR count). The van der Waals surface area contributed by atoms with Crippen molar-refractivity contribution in [2.75, 3.05) is 0 Å². The first-order valence-corrected chi connectivity index (χ1v) is 11.0. The molecule has 1 aliphatic heterocycles. The van der Waals surface area contributed by atoms with Crippen LogP contribution in [-0.2, 0) is 14.3 Å². The third kappa shape index (κ3) is 3.00. The molecular weight excluding hydrogens is 348 g/mol. The van der Waals surface area contributed by atoms with Crippen molar-refractivity contribution in [3.05, 3.63) is 23.5 Å². The minimum atomic E-state index is -0.989. The summed E-state index contributed by atoms with van der Waals surface area (Å²) in [5, 5.41) is 0. The Morgan fingerprint density at radius 1 is 1.04 bits per heavy atom. The second-order valence-corrected chi connectivity index (χ2v) is 11.3. The Morgan fingerprint density at radius 2 is 1.64 bits per heavy atom. The van der Waals surface area contributed by atoms with E-state index in [1.54, 1.807) is 13.8 Å². The Labute approximate surface area is 171 Å². The van der Waals surface area contributed by atoms with Crippen molar-refractivity contribution in [1.82, 2.24) is 0 Å². The second kappa shape index (κ2) is 6.57. The topological polar surface area (TPSA) is 43.4 Å². The number of rotatable bonds is 3. The van der Waals surface area contributed by atoms with Gasteiger partial charge >= 0.3 is 0 Å². The fourth-order valence-electron chi connectivity index (χ4n) is 5.71. The van der Waals surface area contributed by atoms with E-state index in [2.05, 4.69) is 46.8 Å². The molecule has 0 aromatic heterocycles. The van der Waals surface area contributed by atoms with E-state index >= 15 is 0 Å². The van der Waals surface area contributed by atoms with Gasteiger partial charge in [-0.3, -0.25) is 9.59 Å². The van der Waals surface area contributed by atoms with Gasteiger partial charge in [-0.25, -0.2) is 0 Å². The third-order valence-electron chi connectivity index (χ3n) is 7.46. The molecule has 0 amide bonds. The summed E-state index contributed by atoms with van der Waals surface area (Å²) in [4.78, 5) is 26.8. The van der Waals surface area contributed by atoms with Crippen LogP contribution in [0.15, 0.2) is 23.5 Å². The van der Waals surface area contributed by atoms with E-state index in [1.807, 2.05) is 13.8 Å². The predicted molar refractivity (Wildman–Crippen MR) is 113 cm³/mol. The van der Waals surface area contributed by atoms with Gasteiger partial charge in [-0.05, 0) is 77.2 Å². The van der Waals surface area contributed by atoms with Crippen molar-refractivity contribution in [2.45, 2.75) is 80.8 Å². The van der Waals surface area contributed by atoms with Crippen molar-refractivity contribution >= 4 is 11.6 Å². The van der Waals surface area contributed by atoms with E-state index in [1.165, 1.54) is 0 Å². The number of carbonyl (C=O) groups excluding carboxylic acids is 2. The number of Topliss-reactive ketones (excluding diaryl/α,β-unsaturated/α-hetero) is 2. The van der Waals surface area contributed by atoms with Crippen molar-refractivity contribution in [3.63, 3.8) is 0 Å². The number of hydrogen-bond donors (Lipinski definition) is 0. The molecule has 0 aromatic carbocycles. The molecule has 0 unspecified atom stereocenters. The number of fused-ring (bicyclic) bond motifs is 1. The van der Waals surface area contributed by atoms with Crippen molar-refractivity contribution in [3.8, 4) is 0 Å². The first-order chi connectivity index (χ1) is 12.7. The highest BCUT2D eigenvalue weighted by Gasteiger charge is 2.61. The standard InChI is InChI=1S/C25H38O3/c1-14(2)12-17-18-13-16(15(3)4)10-11-25(18,9)28-21-19(17)20(26)23(5,6)22(27)24(21,7)8/h10-11,14-18H,12-13H2,1-9H3/t16-,17-,18+,25-/m1/s1.